The Morgan fingerprint density at radius 3 is 2.78 bits per heavy atom. The van der Waals surface area contributed by atoms with Gasteiger partial charge in [0.25, 0.3) is 0 Å². The molecule has 0 aliphatic carbocycles. The van der Waals surface area contributed by atoms with E-state index >= 15 is 0 Å². The zero-order valence-corrected chi connectivity index (χ0v) is 10.5. The summed E-state index contributed by atoms with van der Waals surface area (Å²) in [5.41, 5.74) is 2.37. The second-order valence-electron chi connectivity index (χ2n) is 4.13. The van der Waals surface area contributed by atoms with Gasteiger partial charge in [0.05, 0.1) is 11.7 Å². The summed E-state index contributed by atoms with van der Waals surface area (Å²) in [6.45, 7) is 4.55. The minimum atomic E-state index is -0.190. The second-order valence-corrected chi connectivity index (χ2v) is 4.13. The Balaban J connectivity index is 2.38. The highest BCUT2D eigenvalue weighted by Gasteiger charge is 2.15. The molecule has 0 aliphatic heterocycles. The monoisotopic (exact) mass is 245 g/mol. The molecule has 0 bridgehead atoms. The molecule has 0 aliphatic rings. The van der Waals surface area contributed by atoms with Gasteiger partial charge >= 0.3 is 0 Å². The van der Waals surface area contributed by atoms with Crippen LogP contribution in [-0.2, 0) is 0 Å². The molecule has 0 spiro atoms. The summed E-state index contributed by atoms with van der Waals surface area (Å²) in [6, 6.07) is 7.01. The highest BCUT2D eigenvalue weighted by atomic mass is 19.1. The van der Waals surface area contributed by atoms with Crippen LogP contribution in [0.3, 0.4) is 0 Å². The van der Waals surface area contributed by atoms with Crippen molar-refractivity contribution in [3.63, 3.8) is 0 Å². The van der Waals surface area contributed by atoms with E-state index in [1.165, 1.54) is 6.33 Å². The molecule has 0 radical (unpaired) electrons. The fraction of sp³-hybridized carbons (Fsp3) is 0.286. The van der Waals surface area contributed by atoms with E-state index in [-0.39, 0.29) is 11.9 Å². The summed E-state index contributed by atoms with van der Waals surface area (Å²) in [4.78, 5) is 8.13. The molecule has 3 nitrogen and oxygen atoms in total. The number of hydrogen-bond acceptors (Lipinski definition) is 3. The lowest BCUT2D eigenvalue weighted by atomic mass is 10.0. The molecule has 1 aromatic heterocycles. The number of rotatable bonds is 4. The fourth-order valence-electron chi connectivity index (χ4n) is 1.86. The van der Waals surface area contributed by atoms with Gasteiger partial charge in [-0.1, -0.05) is 19.1 Å². The van der Waals surface area contributed by atoms with E-state index in [1.807, 2.05) is 19.1 Å². The first-order valence-corrected chi connectivity index (χ1v) is 5.97. The Morgan fingerprint density at radius 2 is 2.17 bits per heavy atom. The first kappa shape index (κ1) is 12.6. The predicted octanol–water partition coefficient (Wildman–Crippen LogP) is 2.62. The molecule has 94 valence electrons. The van der Waals surface area contributed by atoms with Crippen molar-refractivity contribution in [2.24, 2.45) is 0 Å². The maximum Gasteiger partial charge on any atom is 0.126 e. The van der Waals surface area contributed by atoms with Crippen LogP contribution in [0.4, 0.5) is 4.39 Å². The smallest absolute Gasteiger partial charge is 0.126 e. The molecule has 0 amide bonds. The van der Waals surface area contributed by atoms with Gasteiger partial charge in [0, 0.05) is 6.20 Å². The summed E-state index contributed by atoms with van der Waals surface area (Å²) in [7, 11) is 0. The number of aromatic nitrogens is 2. The third kappa shape index (κ3) is 2.71. The number of halogens is 1. The molecule has 2 aromatic rings. The number of nitrogens with zero attached hydrogens (tertiary/aromatic N) is 2. The fourth-order valence-corrected chi connectivity index (χ4v) is 1.86. The molecule has 2 rings (SSSR count). The lowest BCUT2D eigenvalue weighted by molar-refractivity contribution is 0.590. The summed E-state index contributed by atoms with van der Waals surface area (Å²) in [5.74, 6) is -0.190. The quantitative estimate of drug-likeness (QED) is 0.899. The highest BCUT2D eigenvalue weighted by molar-refractivity contribution is 5.30. The maximum atomic E-state index is 13.6. The lowest BCUT2D eigenvalue weighted by Crippen LogP contribution is -2.23. The molecule has 1 heterocycles. The number of hydrogen-bond donors (Lipinski definition) is 1. The van der Waals surface area contributed by atoms with Gasteiger partial charge in [-0.05, 0) is 36.7 Å². The lowest BCUT2D eigenvalue weighted by Gasteiger charge is -2.18. The van der Waals surface area contributed by atoms with Crippen LogP contribution in [-0.4, -0.2) is 16.5 Å². The van der Waals surface area contributed by atoms with Crippen molar-refractivity contribution < 1.29 is 4.39 Å². The summed E-state index contributed by atoms with van der Waals surface area (Å²) in [6.07, 6.45) is 3.20. The Morgan fingerprint density at radius 1 is 1.33 bits per heavy atom. The third-order valence-corrected chi connectivity index (χ3v) is 2.84. The van der Waals surface area contributed by atoms with Gasteiger partial charge < -0.3 is 5.32 Å². The van der Waals surface area contributed by atoms with Gasteiger partial charge in [-0.3, -0.25) is 0 Å². The molecule has 4 heteroatoms. The van der Waals surface area contributed by atoms with E-state index in [0.29, 0.717) is 5.56 Å². The molecule has 1 unspecified atom stereocenters. The van der Waals surface area contributed by atoms with Crippen LogP contribution in [0, 0.1) is 12.7 Å². The molecule has 1 atom stereocenters. The van der Waals surface area contributed by atoms with Crippen LogP contribution < -0.4 is 5.32 Å². The number of benzene rings is 1. The van der Waals surface area contributed by atoms with E-state index in [2.05, 4.69) is 15.3 Å². The van der Waals surface area contributed by atoms with Crippen molar-refractivity contribution >= 4 is 0 Å². The van der Waals surface area contributed by atoms with Crippen LogP contribution in [0.15, 0.2) is 36.8 Å². The SMILES string of the molecule is CCNC(c1ccc(C)c(F)c1)c1ccncn1. The van der Waals surface area contributed by atoms with Gasteiger partial charge in [0.15, 0.2) is 0 Å². The third-order valence-electron chi connectivity index (χ3n) is 2.84. The minimum absolute atomic E-state index is 0.104. The molecular formula is C14H16FN3. The van der Waals surface area contributed by atoms with Crippen LogP contribution in [0.25, 0.3) is 0 Å². The second kappa shape index (κ2) is 5.69. The van der Waals surface area contributed by atoms with E-state index < -0.39 is 0 Å². The van der Waals surface area contributed by atoms with E-state index in [4.69, 9.17) is 0 Å². The van der Waals surface area contributed by atoms with E-state index in [9.17, 15) is 4.39 Å². The molecule has 1 N–H and O–H groups in total. The Labute approximate surface area is 106 Å². The highest BCUT2D eigenvalue weighted by Crippen LogP contribution is 2.21. The van der Waals surface area contributed by atoms with Gasteiger partial charge in [0.2, 0.25) is 0 Å². The van der Waals surface area contributed by atoms with Crippen molar-refractivity contribution in [1.82, 2.24) is 15.3 Å². The van der Waals surface area contributed by atoms with Gasteiger partial charge in [-0.15, -0.1) is 0 Å². The van der Waals surface area contributed by atoms with Crippen LogP contribution in [0.1, 0.15) is 29.8 Å². The zero-order valence-electron chi connectivity index (χ0n) is 10.5. The number of nitrogens with one attached hydrogen (secondary N) is 1. The normalized spacial score (nSPS) is 12.4. The average molecular weight is 245 g/mol. The summed E-state index contributed by atoms with van der Waals surface area (Å²) < 4.78 is 13.6. The molecule has 0 saturated carbocycles. The van der Waals surface area contributed by atoms with E-state index in [1.54, 1.807) is 25.3 Å². The zero-order chi connectivity index (χ0) is 13.0. The summed E-state index contributed by atoms with van der Waals surface area (Å²) >= 11 is 0. The van der Waals surface area contributed by atoms with Crippen molar-refractivity contribution in [2.75, 3.05) is 6.54 Å². The molecule has 0 fully saturated rings. The van der Waals surface area contributed by atoms with Gasteiger partial charge in [0.1, 0.15) is 12.1 Å². The first-order chi connectivity index (χ1) is 8.72. The van der Waals surface area contributed by atoms with E-state index in [0.717, 1.165) is 17.8 Å². The molecule has 18 heavy (non-hydrogen) atoms. The minimum Gasteiger partial charge on any atom is -0.305 e. The topological polar surface area (TPSA) is 37.8 Å². The standard InChI is InChI=1S/C14H16FN3/c1-3-17-14(13-6-7-16-9-18-13)11-5-4-10(2)12(15)8-11/h4-9,14,17H,3H2,1-2H3. The largest absolute Gasteiger partial charge is 0.305 e. The van der Waals surface area contributed by atoms with Crippen molar-refractivity contribution in [2.45, 2.75) is 19.9 Å². The average Bonchev–Trinajstić information content (AvgIpc) is 2.40. The van der Waals surface area contributed by atoms with Crippen LogP contribution >= 0.6 is 0 Å². The van der Waals surface area contributed by atoms with Gasteiger partial charge in [-0.2, -0.15) is 0 Å². The summed E-state index contributed by atoms with van der Waals surface area (Å²) in [5, 5.41) is 3.30. The van der Waals surface area contributed by atoms with Crippen molar-refractivity contribution in [1.29, 1.82) is 0 Å². The maximum absolute atomic E-state index is 13.6. The predicted molar refractivity (Wildman–Crippen MR) is 68.7 cm³/mol. The molecule has 0 saturated heterocycles. The van der Waals surface area contributed by atoms with Crippen LogP contribution in [0.5, 0.6) is 0 Å². The Kier molecular flexibility index (Phi) is 3.99. The Bertz CT molecular complexity index is 514. The molecule has 1 aromatic carbocycles. The van der Waals surface area contributed by atoms with Crippen LogP contribution in [0.2, 0.25) is 0 Å². The van der Waals surface area contributed by atoms with Crippen molar-refractivity contribution in [3.8, 4) is 0 Å². The molecular weight excluding hydrogens is 229 g/mol. The Hall–Kier alpha value is -1.81. The number of aryl methyl sites for hydroxylation is 1. The van der Waals surface area contributed by atoms with Gasteiger partial charge in [-0.25, -0.2) is 14.4 Å². The van der Waals surface area contributed by atoms with Crippen molar-refractivity contribution in [3.05, 3.63) is 59.4 Å². The first-order valence-electron chi connectivity index (χ1n) is 5.97.